The summed E-state index contributed by atoms with van der Waals surface area (Å²) < 4.78 is 0. The van der Waals surface area contributed by atoms with Gasteiger partial charge in [0, 0.05) is 13.0 Å². The quantitative estimate of drug-likeness (QED) is 0.813. The molecule has 0 saturated carbocycles. The lowest BCUT2D eigenvalue weighted by Gasteiger charge is -2.09. The highest BCUT2D eigenvalue weighted by Crippen LogP contribution is 2.07. The Kier molecular flexibility index (Phi) is 5.36. The van der Waals surface area contributed by atoms with Crippen molar-refractivity contribution in [1.29, 1.82) is 0 Å². The van der Waals surface area contributed by atoms with Crippen LogP contribution in [0.15, 0.2) is 24.3 Å². The Bertz CT molecular complexity index is 429. The highest BCUT2D eigenvalue weighted by atomic mass is 16.4. The second-order valence-corrected chi connectivity index (χ2v) is 4.50. The van der Waals surface area contributed by atoms with E-state index in [1.54, 1.807) is 18.2 Å². The molecule has 1 aromatic rings. The number of hydrogen-bond acceptors (Lipinski definition) is 2. The van der Waals surface area contributed by atoms with Gasteiger partial charge >= 0.3 is 5.97 Å². The van der Waals surface area contributed by atoms with Gasteiger partial charge in [0.25, 0.3) is 0 Å². The molecule has 1 amide bonds. The highest BCUT2D eigenvalue weighted by molar-refractivity contribution is 5.87. The van der Waals surface area contributed by atoms with Gasteiger partial charge in [0.1, 0.15) is 0 Å². The summed E-state index contributed by atoms with van der Waals surface area (Å²) in [6, 6.07) is 6.59. The lowest BCUT2D eigenvalue weighted by atomic mass is 10.0. The normalized spacial score (nSPS) is 11.9. The molecule has 0 radical (unpaired) electrons. The lowest BCUT2D eigenvalue weighted by Crippen LogP contribution is -2.24. The fourth-order valence-corrected chi connectivity index (χ4v) is 1.55. The standard InChI is InChI=1S/C14H19NO3/c1-3-10(2)7-13(16)15-9-11-5-4-6-12(8-11)14(17)18/h4-6,8,10H,3,7,9H2,1-2H3,(H,15,16)(H,17,18). The van der Waals surface area contributed by atoms with Crippen LogP contribution in [0.25, 0.3) is 0 Å². The number of carbonyl (C=O) groups is 2. The predicted molar refractivity (Wildman–Crippen MR) is 69.3 cm³/mol. The smallest absolute Gasteiger partial charge is 0.335 e. The summed E-state index contributed by atoms with van der Waals surface area (Å²) in [5.74, 6) is -0.580. The monoisotopic (exact) mass is 249 g/mol. The second-order valence-electron chi connectivity index (χ2n) is 4.50. The maximum atomic E-state index is 11.6. The summed E-state index contributed by atoms with van der Waals surface area (Å²) in [6.45, 7) is 4.45. The number of benzene rings is 1. The Morgan fingerprint density at radius 2 is 2.11 bits per heavy atom. The van der Waals surface area contributed by atoms with Crippen molar-refractivity contribution in [3.05, 3.63) is 35.4 Å². The Hall–Kier alpha value is -1.84. The molecular formula is C14H19NO3. The van der Waals surface area contributed by atoms with Crippen LogP contribution in [0.5, 0.6) is 0 Å². The summed E-state index contributed by atoms with van der Waals surface area (Å²) in [4.78, 5) is 22.4. The third-order valence-electron chi connectivity index (χ3n) is 2.89. The first-order valence-corrected chi connectivity index (χ1v) is 6.11. The Morgan fingerprint density at radius 3 is 2.72 bits per heavy atom. The van der Waals surface area contributed by atoms with E-state index >= 15 is 0 Å². The number of hydrogen-bond donors (Lipinski definition) is 2. The van der Waals surface area contributed by atoms with Gasteiger partial charge < -0.3 is 10.4 Å². The minimum Gasteiger partial charge on any atom is -0.478 e. The van der Waals surface area contributed by atoms with Crippen molar-refractivity contribution in [3.8, 4) is 0 Å². The van der Waals surface area contributed by atoms with E-state index in [0.717, 1.165) is 12.0 Å². The first-order chi connectivity index (χ1) is 8.52. The van der Waals surface area contributed by atoms with E-state index < -0.39 is 5.97 Å². The number of carboxylic acids is 1. The van der Waals surface area contributed by atoms with E-state index in [0.29, 0.717) is 18.9 Å². The van der Waals surface area contributed by atoms with Crippen LogP contribution in [-0.2, 0) is 11.3 Å². The number of carboxylic acid groups (broad SMARTS) is 1. The topological polar surface area (TPSA) is 66.4 Å². The highest BCUT2D eigenvalue weighted by Gasteiger charge is 2.07. The summed E-state index contributed by atoms with van der Waals surface area (Å²) in [6.07, 6.45) is 1.48. The second kappa shape index (κ2) is 6.79. The van der Waals surface area contributed by atoms with Gasteiger partial charge in [0.2, 0.25) is 5.91 Å². The average molecular weight is 249 g/mol. The van der Waals surface area contributed by atoms with Gasteiger partial charge in [-0.1, -0.05) is 32.4 Å². The van der Waals surface area contributed by atoms with Gasteiger partial charge in [-0.2, -0.15) is 0 Å². The van der Waals surface area contributed by atoms with Crippen LogP contribution in [-0.4, -0.2) is 17.0 Å². The summed E-state index contributed by atoms with van der Waals surface area (Å²) in [5, 5.41) is 11.6. The molecule has 2 N–H and O–H groups in total. The Morgan fingerprint density at radius 1 is 1.39 bits per heavy atom. The number of amides is 1. The number of carbonyl (C=O) groups excluding carboxylic acids is 1. The third-order valence-corrected chi connectivity index (χ3v) is 2.89. The van der Waals surface area contributed by atoms with E-state index in [1.807, 2.05) is 13.8 Å². The molecule has 0 aliphatic carbocycles. The maximum absolute atomic E-state index is 11.6. The number of rotatable bonds is 6. The maximum Gasteiger partial charge on any atom is 0.335 e. The van der Waals surface area contributed by atoms with Gasteiger partial charge in [0.05, 0.1) is 5.56 Å². The lowest BCUT2D eigenvalue weighted by molar-refractivity contribution is -0.122. The summed E-state index contributed by atoms with van der Waals surface area (Å²) >= 11 is 0. The predicted octanol–water partition coefficient (Wildman–Crippen LogP) is 2.44. The zero-order valence-electron chi connectivity index (χ0n) is 10.8. The van der Waals surface area contributed by atoms with E-state index in [4.69, 9.17) is 5.11 Å². The molecule has 0 fully saturated rings. The molecule has 1 unspecified atom stereocenters. The van der Waals surface area contributed by atoms with Crippen molar-refractivity contribution in [2.24, 2.45) is 5.92 Å². The van der Waals surface area contributed by atoms with Gasteiger partial charge in [-0.3, -0.25) is 4.79 Å². The van der Waals surface area contributed by atoms with Gasteiger partial charge in [0.15, 0.2) is 0 Å². The summed E-state index contributed by atoms with van der Waals surface area (Å²) in [7, 11) is 0. The van der Waals surface area contributed by atoms with Gasteiger partial charge in [-0.05, 0) is 23.6 Å². The molecule has 1 aromatic carbocycles. The minimum absolute atomic E-state index is 0.00470. The third kappa shape index (κ3) is 4.57. The first-order valence-electron chi connectivity index (χ1n) is 6.11. The molecule has 98 valence electrons. The fraction of sp³-hybridized carbons (Fsp3) is 0.429. The first kappa shape index (κ1) is 14.2. The largest absolute Gasteiger partial charge is 0.478 e. The van der Waals surface area contributed by atoms with E-state index in [1.165, 1.54) is 6.07 Å². The van der Waals surface area contributed by atoms with Crippen molar-refractivity contribution in [2.75, 3.05) is 0 Å². The van der Waals surface area contributed by atoms with E-state index in [-0.39, 0.29) is 11.5 Å². The van der Waals surface area contributed by atoms with Crippen molar-refractivity contribution in [3.63, 3.8) is 0 Å². The molecule has 0 aliphatic heterocycles. The molecule has 0 heterocycles. The number of nitrogens with one attached hydrogen (secondary N) is 1. The van der Waals surface area contributed by atoms with Crippen LogP contribution >= 0.6 is 0 Å². The zero-order chi connectivity index (χ0) is 13.5. The van der Waals surface area contributed by atoms with Crippen LogP contribution in [0.1, 0.15) is 42.6 Å². The fourth-order valence-electron chi connectivity index (χ4n) is 1.55. The van der Waals surface area contributed by atoms with Crippen molar-refractivity contribution >= 4 is 11.9 Å². The molecule has 0 saturated heterocycles. The Labute approximate surface area is 107 Å². The molecular weight excluding hydrogens is 230 g/mol. The molecule has 1 rings (SSSR count). The molecule has 1 atom stereocenters. The van der Waals surface area contributed by atoms with Crippen LogP contribution < -0.4 is 5.32 Å². The van der Waals surface area contributed by atoms with Gasteiger partial charge in [-0.15, -0.1) is 0 Å². The average Bonchev–Trinajstić information content (AvgIpc) is 2.36. The van der Waals surface area contributed by atoms with Crippen LogP contribution in [0.2, 0.25) is 0 Å². The van der Waals surface area contributed by atoms with Crippen molar-refractivity contribution in [2.45, 2.75) is 33.2 Å². The zero-order valence-corrected chi connectivity index (χ0v) is 10.8. The number of aromatic carboxylic acids is 1. The van der Waals surface area contributed by atoms with Crippen LogP contribution in [0.4, 0.5) is 0 Å². The molecule has 0 aliphatic rings. The minimum atomic E-state index is -0.956. The van der Waals surface area contributed by atoms with E-state index in [2.05, 4.69) is 5.32 Å². The molecule has 4 heteroatoms. The van der Waals surface area contributed by atoms with Gasteiger partial charge in [-0.25, -0.2) is 4.79 Å². The van der Waals surface area contributed by atoms with Crippen LogP contribution in [0.3, 0.4) is 0 Å². The molecule has 0 spiro atoms. The summed E-state index contributed by atoms with van der Waals surface area (Å²) in [5.41, 5.74) is 1.04. The van der Waals surface area contributed by atoms with Crippen LogP contribution in [0, 0.1) is 5.92 Å². The van der Waals surface area contributed by atoms with Crippen molar-refractivity contribution in [1.82, 2.24) is 5.32 Å². The van der Waals surface area contributed by atoms with E-state index in [9.17, 15) is 9.59 Å². The van der Waals surface area contributed by atoms with Crippen molar-refractivity contribution < 1.29 is 14.7 Å². The molecule has 0 aromatic heterocycles. The molecule has 18 heavy (non-hydrogen) atoms. The SMILES string of the molecule is CCC(C)CC(=O)NCc1cccc(C(=O)O)c1. The molecule has 0 bridgehead atoms. The molecule has 4 nitrogen and oxygen atoms in total. The Balaban J connectivity index is 2.50.